The molecule has 2 heterocycles. The molecule has 3 aliphatic rings. The van der Waals surface area contributed by atoms with Crippen molar-refractivity contribution in [2.45, 2.75) is 73.0 Å². The van der Waals surface area contributed by atoms with Gasteiger partial charge in [0.15, 0.2) is 12.2 Å². The monoisotopic (exact) mass is 1210 g/mol. The summed E-state index contributed by atoms with van der Waals surface area (Å²) in [6.45, 7) is 5.34. The number of halogens is 4. The molecule has 0 radical (unpaired) electrons. The van der Waals surface area contributed by atoms with E-state index in [-0.39, 0.29) is 128 Å². The number of aliphatic hydroxyl groups excluding tert-OH is 2. The van der Waals surface area contributed by atoms with Gasteiger partial charge in [-0.15, -0.1) is 0 Å². The number of ether oxygens (including phenoxy) is 6. The molecule has 2 amide bonds. The second-order valence-electron chi connectivity index (χ2n) is 19.6. The number of sulfonamides is 2. The van der Waals surface area contributed by atoms with Crippen LogP contribution in [0.3, 0.4) is 0 Å². The predicted molar refractivity (Wildman–Crippen MR) is 297 cm³/mol. The number of nitrogens with one attached hydrogen (secondary N) is 4. The first-order valence-corrected chi connectivity index (χ1v) is 30.7. The Morgan fingerprint density at radius 1 is 0.615 bits per heavy atom. The Hall–Kier alpha value is -2.82. The van der Waals surface area contributed by atoms with E-state index < -0.39 is 49.3 Å². The van der Waals surface area contributed by atoms with Gasteiger partial charge in [0.2, 0.25) is 20.0 Å². The van der Waals surface area contributed by atoms with Gasteiger partial charge in [-0.3, -0.25) is 9.59 Å². The van der Waals surface area contributed by atoms with E-state index in [4.69, 9.17) is 74.8 Å². The average Bonchev–Trinajstić information content (AvgIpc) is 3.50. The van der Waals surface area contributed by atoms with Crippen LogP contribution in [0.25, 0.3) is 0 Å². The Morgan fingerprint density at radius 2 is 1.09 bits per heavy atom. The molecule has 0 spiro atoms. The summed E-state index contributed by atoms with van der Waals surface area (Å²) in [5.74, 6) is -1.68. The summed E-state index contributed by atoms with van der Waals surface area (Å²) in [5, 5.41) is 27.0. The first kappa shape index (κ1) is 64.3. The van der Waals surface area contributed by atoms with Crippen molar-refractivity contribution in [2.24, 2.45) is 5.92 Å². The summed E-state index contributed by atoms with van der Waals surface area (Å²) in [6.07, 6.45) is -1.09. The van der Waals surface area contributed by atoms with E-state index in [0.717, 1.165) is 53.7 Å². The summed E-state index contributed by atoms with van der Waals surface area (Å²) in [7, 11) is -3.33. The Balaban J connectivity index is 0.708. The van der Waals surface area contributed by atoms with Crippen molar-refractivity contribution in [3.8, 4) is 0 Å². The van der Waals surface area contributed by atoms with Crippen molar-refractivity contribution in [3.63, 3.8) is 0 Å². The zero-order valence-corrected chi connectivity index (χ0v) is 48.7. The van der Waals surface area contributed by atoms with E-state index in [1.807, 2.05) is 25.2 Å². The van der Waals surface area contributed by atoms with E-state index in [1.54, 1.807) is 30.3 Å². The van der Waals surface area contributed by atoms with Gasteiger partial charge in [0.1, 0.15) is 0 Å². The number of amides is 2. The molecule has 0 saturated heterocycles. The Labute approximate surface area is 478 Å². The molecule has 3 aromatic rings. The smallest absolute Gasteiger partial charge is 0.252 e. The van der Waals surface area contributed by atoms with Crippen LogP contribution in [0.1, 0.15) is 65.3 Å². The zero-order valence-electron chi connectivity index (χ0n) is 44.1. The molecule has 1 fully saturated rings. The van der Waals surface area contributed by atoms with Crippen molar-refractivity contribution in [3.05, 3.63) is 96.4 Å². The van der Waals surface area contributed by atoms with Crippen LogP contribution in [0.15, 0.2) is 53.4 Å². The highest BCUT2D eigenvalue weighted by molar-refractivity contribution is 7.90. The molecule has 26 heteroatoms. The van der Waals surface area contributed by atoms with Crippen LogP contribution in [0, 0.1) is 5.92 Å². The summed E-state index contributed by atoms with van der Waals surface area (Å²) >= 11 is 25.8. The standard InChI is InChI=1S/C52H74Cl4N6O14S2/c1-61-31-43(41-27-37(53)29-47(55)45(41)33-61)35-5-3-7-39(25-35)77(67,68)59-11-15-73-19-23-75-21-17-71-13-9-57-51(65)49(63)50(64)52(66)58-10-14-72-18-22-76-24-20-74-16-12-60-78(69,70)40-8-4-6-36(26-40)44-32-62(2)34-46-42(44)28-38(54)30-48(46)56/h3,5,7,25,27-30,36,40,43-44,49-50,59-60,63-64H,4,6,8-24,26,31-34H2,1-2H3,(H,57,65)(H,58,66)/t36?,40?,43-,44-,49-,50-/m0/s1. The fourth-order valence-corrected chi connectivity index (χ4v) is 13.7. The Morgan fingerprint density at radius 3 is 1.64 bits per heavy atom. The minimum Gasteiger partial charge on any atom is -0.380 e. The molecule has 1 saturated carbocycles. The molecule has 2 aliphatic heterocycles. The molecule has 78 heavy (non-hydrogen) atoms. The van der Waals surface area contributed by atoms with E-state index >= 15 is 0 Å². The molecule has 3 aromatic carbocycles. The van der Waals surface area contributed by atoms with Gasteiger partial charge in [-0.25, -0.2) is 26.3 Å². The molecule has 6 rings (SSSR count). The van der Waals surface area contributed by atoms with Gasteiger partial charge in [0.25, 0.3) is 11.8 Å². The molecule has 20 nitrogen and oxygen atoms in total. The molecule has 0 bridgehead atoms. The normalized spacial score (nSPS) is 19.9. The van der Waals surface area contributed by atoms with Crippen LogP contribution in [-0.4, -0.2) is 199 Å². The maximum absolute atomic E-state index is 13.3. The first-order valence-electron chi connectivity index (χ1n) is 26.1. The number of hydrogen-bond donors (Lipinski definition) is 6. The van der Waals surface area contributed by atoms with Gasteiger partial charge in [0.05, 0.1) is 89.4 Å². The van der Waals surface area contributed by atoms with Gasteiger partial charge in [-0.1, -0.05) is 65.0 Å². The summed E-state index contributed by atoms with van der Waals surface area (Å²) in [5.41, 5.74) is 4.99. The van der Waals surface area contributed by atoms with Crippen molar-refractivity contribution < 1.29 is 65.1 Å². The number of fused-ring (bicyclic) bond motifs is 2. The summed E-state index contributed by atoms with van der Waals surface area (Å²) in [4.78, 5) is 29.1. The molecule has 0 aromatic heterocycles. The lowest BCUT2D eigenvalue weighted by atomic mass is 9.74. The minimum atomic E-state index is -3.82. The fourth-order valence-electron chi connectivity index (χ4n) is 9.93. The number of hydrogen-bond acceptors (Lipinski definition) is 16. The lowest BCUT2D eigenvalue weighted by Gasteiger charge is -2.40. The van der Waals surface area contributed by atoms with Crippen LogP contribution >= 0.6 is 46.4 Å². The number of aliphatic hydroxyl groups is 2. The van der Waals surface area contributed by atoms with Crippen LogP contribution in [0.5, 0.6) is 0 Å². The van der Waals surface area contributed by atoms with Crippen molar-refractivity contribution in [1.82, 2.24) is 29.9 Å². The summed E-state index contributed by atoms with van der Waals surface area (Å²) < 4.78 is 91.0. The highest BCUT2D eigenvalue weighted by Crippen LogP contribution is 2.44. The second-order valence-corrected chi connectivity index (χ2v) is 25.1. The number of nitrogens with zero attached hydrogens (tertiary/aromatic N) is 2. The number of carbonyl (C=O) groups excluding carboxylic acids is 2. The van der Waals surface area contributed by atoms with Gasteiger partial charge >= 0.3 is 0 Å². The lowest BCUT2D eigenvalue weighted by molar-refractivity contribution is -0.146. The largest absolute Gasteiger partial charge is 0.380 e. The van der Waals surface area contributed by atoms with Crippen LogP contribution in [0.2, 0.25) is 20.1 Å². The zero-order chi connectivity index (χ0) is 56.2. The highest BCUT2D eigenvalue weighted by atomic mass is 35.5. The number of carbonyl (C=O) groups is 2. The second kappa shape index (κ2) is 32.1. The Kier molecular flexibility index (Phi) is 26.5. The maximum Gasteiger partial charge on any atom is 0.252 e. The average molecular weight is 1210 g/mol. The SMILES string of the molecule is CN1Cc2c(Cl)cc(Cl)cc2[C@H](c2cccc(S(=O)(=O)NCCOCCOCCOCCNC(=O)[C@@H](O)[C@H](O)C(=O)NCCOCCOCCOCCNS(=O)(=O)C3CCCC([C@@H]4CN(C)Cc5c(Cl)cc(Cl)cc54)C3)c2)C1. The third-order valence-electron chi connectivity index (χ3n) is 13.8. The predicted octanol–water partition coefficient (Wildman–Crippen LogP) is 3.92. The number of benzene rings is 3. The molecule has 1 aliphatic carbocycles. The van der Waals surface area contributed by atoms with Gasteiger partial charge < -0.3 is 59.1 Å². The lowest BCUT2D eigenvalue weighted by Crippen LogP contribution is -2.50. The van der Waals surface area contributed by atoms with Crippen LogP contribution < -0.4 is 20.1 Å². The minimum absolute atomic E-state index is 0.00276. The van der Waals surface area contributed by atoms with Crippen molar-refractivity contribution in [2.75, 3.05) is 133 Å². The van der Waals surface area contributed by atoms with Crippen LogP contribution in [-0.2, 0) is 71.1 Å². The van der Waals surface area contributed by atoms with Crippen molar-refractivity contribution in [1.29, 1.82) is 0 Å². The maximum atomic E-state index is 13.3. The molecular weight excluding hydrogens is 1140 g/mol. The van der Waals surface area contributed by atoms with E-state index in [1.165, 1.54) is 0 Å². The van der Waals surface area contributed by atoms with E-state index in [9.17, 15) is 36.6 Å². The first-order chi connectivity index (χ1) is 37.3. The molecular formula is C52H74Cl4N6O14S2. The van der Waals surface area contributed by atoms with Gasteiger partial charge in [0, 0.05) is 78.4 Å². The quantitative estimate of drug-likeness (QED) is 0.0473. The van der Waals surface area contributed by atoms with Gasteiger partial charge in [-0.2, -0.15) is 0 Å². The fraction of sp³-hybridized carbons (Fsp3) is 0.615. The Bertz CT molecular complexity index is 2650. The van der Waals surface area contributed by atoms with Gasteiger partial charge in [-0.05, 0) is 109 Å². The molecule has 436 valence electrons. The molecule has 2 unspecified atom stereocenters. The topological polar surface area (TPSA) is 253 Å². The number of rotatable bonds is 33. The third-order valence-corrected chi connectivity index (χ3v) is 18.3. The number of likely N-dealkylation sites (N-methyl/N-ethyl adjacent to an activating group) is 2. The molecule has 6 atom stereocenters. The van der Waals surface area contributed by atoms with E-state index in [0.29, 0.717) is 46.0 Å². The summed E-state index contributed by atoms with van der Waals surface area (Å²) in [6, 6.07) is 14.2. The van der Waals surface area contributed by atoms with E-state index in [2.05, 4.69) is 36.9 Å². The molecule has 6 N–H and O–H groups in total. The van der Waals surface area contributed by atoms with Crippen molar-refractivity contribution >= 4 is 78.3 Å². The third kappa shape index (κ3) is 19.7. The highest BCUT2D eigenvalue weighted by Gasteiger charge is 2.39. The van der Waals surface area contributed by atoms with Crippen LogP contribution in [0.4, 0.5) is 0 Å².